The number of allylic oxidation sites excluding steroid dienone is 1. The summed E-state index contributed by atoms with van der Waals surface area (Å²) in [6.45, 7) is 4.70. The van der Waals surface area contributed by atoms with Crippen LogP contribution in [0.25, 0.3) is 5.57 Å². The molecule has 1 atom stereocenters. The summed E-state index contributed by atoms with van der Waals surface area (Å²) in [5.41, 5.74) is 1.56. The molecule has 13 heteroatoms. The van der Waals surface area contributed by atoms with Gasteiger partial charge in [0.2, 0.25) is 0 Å². The minimum atomic E-state index is -1.79. The molecule has 0 amide bonds. The van der Waals surface area contributed by atoms with Crippen molar-refractivity contribution in [1.82, 2.24) is 5.32 Å². The number of nitro benzene ring substituents is 2. The predicted octanol–water partition coefficient (Wildman–Crippen LogP) is 3.73. The first kappa shape index (κ1) is 27.5. The number of carbonyl (C=O) groups is 2. The highest BCUT2D eigenvalue weighted by Gasteiger charge is 2.50. The highest BCUT2D eigenvalue weighted by atomic mass is 16.6. The topological polar surface area (TPSA) is 175 Å². The number of dihydropyridines is 1. The Bertz CT molecular complexity index is 1410. The number of hydrogen-bond acceptors (Lipinski definition) is 11. The van der Waals surface area contributed by atoms with E-state index in [1.807, 2.05) is 6.07 Å². The van der Waals surface area contributed by atoms with Crippen LogP contribution in [0.2, 0.25) is 0 Å². The maximum atomic E-state index is 13.3. The molecule has 3 rings (SSSR count). The normalized spacial score (nSPS) is 17.4. The number of non-ortho nitro benzene ring substituents is 1. The molecule has 2 N–H and O–H groups in total. The van der Waals surface area contributed by atoms with E-state index in [1.54, 1.807) is 38.1 Å². The number of nitrogens with zero attached hydrogens (tertiary/aromatic N) is 3. The number of esters is 2. The molecule has 0 aliphatic carbocycles. The molecule has 198 valence electrons. The standard InChI is InChI=1S/C25H25N5O8/c1-14-21(23(31)37-4)22(17-9-7-6-8-10-17)15(2)26-25(14,24(32)38-5)16(3)27-28-19-12-11-18(29(33)34)13-20(19)30(35)36/h6-13,26,28H,1-5H3/b27-16-/t25-/m1/s1. The number of carbonyl (C=O) groups excluding carboxylic acids is 2. The van der Waals surface area contributed by atoms with E-state index in [2.05, 4.69) is 15.8 Å². The van der Waals surface area contributed by atoms with Gasteiger partial charge in [0.15, 0.2) is 5.54 Å². The van der Waals surface area contributed by atoms with E-state index < -0.39 is 38.7 Å². The molecule has 0 radical (unpaired) electrons. The summed E-state index contributed by atoms with van der Waals surface area (Å²) >= 11 is 0. The number of ether oxygens (including phenoxy) is 2. The molecule has 38 heavy (non-hydrogen) atoms. The fourth-order valence-electron chi connectivity index (χ4n) is 4.30. The molecule has 0 saturated carbocycles. The van der Waals surface area contributed by atoms with Gasteiger partial charge in [-0.25, -0.2) is 9.59 Å². The van der Waals surface area contributed by atoms with Gasteiger partial charge in [0.05, 0.1) is 41.4 Å². The summed E-state index contributed by atoms with van der Waals surface area (Å²) < 4.78 is 10.1. The van der Waals surface area contributed by atoms with Crippen molar-refractivity contribution < 1.29 is 28.9 Å². The molecule has 0 fully saturated rings. The second kappa shape index (κ2) is 10.9. The fraction of sp³-hybridized carbons (Fsp3) is 0.240. The van der Waals surface area contributed by atoms with Crippen molar-refractivity contribution in [3.8, 4) is 0 Å². The van der Waals surface area contributed by atoms with E-state index >= 15 is 0 Å². The minimum Gasteiger partial charge on any atom is -0.467 e. The minimum absolute atomic E-state index is 0.0439. The largest absolute Gasteiger partial charge is 0.467 e. The number of hydrazone groups is 1. The van der Waals surface area contributed by atoms with Crippen LogP contribution in [0, 0.1) is 20.2 Å². The van der Waals surface area contributed by atoms with E-state index in [0.717, 1.165) is 18.2 Å². The number of methoxy groups -OCH3 is 2. The summed E-state index contributed by atoms with van der Waals surface area (Å²) in [6, 6.07) is 12.0. The highest BCUT2D eigenvalue weighted by molar-refractivity contribution is 6.19. The summed E-state index contributed by atoms with van der Waals surface area (Å²) in [5.74, 6) is -1.49. The second-order valence-electron chi connectivity index (χ2n) is 8.25. The Kier molecular flexibility index (Phi) is 7.90. The van der Waals surface area contributed by atoms with Gasteiger partial charge in [-0.15, -0.1) is 0 Å². The van der Waals surface area contributed by atoms with Crippen molar-refractivity contribution >= 4 is 40.3 Å². The maximum Gasteiger partial charge on any atom is 0.342 e. The van der Waals surface area contributed by atoms with Crippen LogP contribution in [-0.4, -0.2) is 47.3 Å². The molecule has 1 aliphatic rings. The molecule has 1 aliphatic heterocycles. The molecule has 0 spiro atoms. The lowest BCUT2D eigenvalue weighted by atomic mass is 9.76. The predicted molar refractivity (Wildman–Crippen MR) is 138 cm³/mol. The molecule has 0 saturated heterocycles. The zero-order valence-corrected chi connectivity index (χ0v) is 21.2. The van der Waals surface area contributed by atoms with Crippen molar-refractivity contribution in [2.24, 2.45) is 5.10 Å². The molecule has 0 aromatic heterocycles. The van der Waals surface area contributed by atoms with Gasteiger partial charge in [0, 0.05) is 17.3 Å². The first-order chi connectivity index (χ1) is 18.0. The number of nitrogens with one attached hydrogen (secondary N) is 2. The Morgan fingerprint density at radius 2 is 1.66 bits per heavy atom. The average Bonchev–Trinajstić information content (AvgIpc) is 2.91. The van der Waals surface area contributed by atoms with Crippen LogP contribution < -0.4 is 10.7 Å². The Hall–Kier alpha value is -5.07. The molecule has 13 nitrogen and oxygen atoms in total. The average molecular weight is 524 g/mol. The highest BCUT2D eigenvalue weighted by Crippen LogP contribution is 2.39. The second-order valence-corrected chi connectivity index (χ2v) is 8.25. The molecule has 2 aromatic rings. The van der Waals surface area contributed by atoms with Crippen LogP contribution in [0.4, 0.5) is 17.1 Å². The van der Waals surface area contributed by atoms with Gasteiger partial charge in [-0.1, -0.05) is 30.3 Å². The molecule has 1 heterocycles. The Morgan fingerprint density at radius 3 is 2.21 bits per heavy atom. The van der Waals surface area contributed by atoms with Crippen LogP contribution in [0.5, 0.6) is 0 Å². The number of nitro groups is 2. The number of rotatable bonds is 8. The van der Waals surface area contributed by atoms with E-state index in [-0.39, 0.29) is 22.5 Å². The quantitative estimate of drug-likeness (QED) is 0.224. The van der Waals surface area contributed by atoms with Gasteiger partial charge in [0.25, 0.3) is 5.69 Å². The third-order valence-corrected chi connectivity index (χ3v) is 6.16. The van der Waals surface area contributed by atoms with E-state index in [9.17, 15) is 29.8 Å². The van der Waals surface area contributed by atoms with Crippen LogP contribution in [0.15, 0.2) is 70.5 Å². The lowest BCUT2D eigenvalue weighted by molar-refractivity contribution is -0.393. The van der Waals surface area contributed by atoms with Gasteiger partial charge in [-0.3, -0.25) is 25.7 Å². The molecule has 0 unspecified atom stereocenters. The molecule has 2 aromatic carbocycles. The van der Waals surface area contributed by atoms with Crippen molar-refractivity contribution in [2.75, 3.05) is 19.6 Å². The Labute approximate surface area is 217 Å². The van der Waals surface area contributed by atoms with Crippen LogP contribution in [-0.2, 0) is 19.1 Å². The first-order valence-electron chi connectivity index (χ1n) is 11.2. The Morgan fingerprint density at radius 1 is 1.00 bits per heavy atom. The number of benzene rings is 2. The lowest BCUT2D eigenvalue weighted by Gasteiger charge is -2.39. The number of anilines is 1. The zero-order chi connectivity index (χ0) is 28.2. The summed E-state index contributed by atoms with van der Waals surface area (Å²) in [6.07, 6.45) is 0. The van der Waals surface area contributed by atoms with Gasteiger partial charge in [-0.2, -0.15) is 5.10 Å². The van der Waals surface area contributed by atoms with Gasteiger partial charge in [-0.05, 0) is 38.0 Å². The van der Waals surface area contributed by atoms with E-state index in [1.165, 1.54) is 21.1 Å². The SMILES string of the molecule is COC(=O)C1=C(C)[C@](C(=O)OC)(/C(C)=N\Nc2ccc([N+](=O)[O-])cc2[N+](=O)[O-])NC(C)=C1c1ccccc1. The monoisotopic (exact) mass is 523 g/mol. The summed E-state index contributed by atoms with van der Waals surface area (Å²) in [4.78, 5) is 47.4. The fourth-order valence-corrected chi connectivity index (χ4v) is 4.30. The molecular weight excluding hydrogens is 498 g/mol. The first-order valence-corrected chi connectivity index (χ1v) is 11.2. The van der Waals surface area contributed by atoms with Crippen LogP contribution in [0.3, 0.4) is 0 Å². The lowest BCUT2D eigenvalue weighted by Crippen LogP contribution is -2.60. The Balaban J connectivity index is 2.20. The maximum absolute atomic E-state index is 13.3. The van der Waals surface area contributed by atoms with Gasteiger partial charge < -0.3 is 14.8 Å². The third-order valence-electron chi connectivity index (χ3n) is 6.16. The van der Waals surface area contributed by atoms with Crippen LogP contribution >= 0.6 is 0 Å². The van der Waals surface area contributed by atoms with E-state index in [4.69, 9.17) is 9.47 Å². The summed E-state index contributed by atoms with van der Waals surface area (Å²) in [5, 5.41) is 29.9. The number of hydrogen-bond donors (Lipinski definition) is 2. The molecular formula is C25H25N5O8. The molecule has 0 bridgehead atoms. The van der Waals surface area contributed by atoms with Crippen LogP contribution in [0.1, 0.15) is 26.3 Å². The smallest absolute Gasteiger partial charge is 0.342 e. The van der Waals surface area contributed by atoms with Gasteiger partial charge >= 0.3 is 17.6 Å². The van der Waals surface area contributed by atoms with Crippen molar-refractivity contribution in [1.29, 1.82) is 0 Å². The van der Waals surface area contributed by atoms with Gasteiger partial charge in [0.1, 0.15) is 5.69 Å². The van der Waals surface area contributed by atoms with Crippen molar-refractivity contribution in [3.05, 3.63) is 91.2 Å². The van der Waals surface area contributed by atoms with Crippen molar-refractivity contribution in [3.63, 3.8) is 0 Å². The zero-order valence-electron chi connectivity index (χ0n) is 21.2. The third kappa shape index (κ3) is 4.81. The van der Waals surface area contributed by atoms with Crippen molar-refractivity contribution in [2.45, 2.75) is 26.3 Å². The van der Waals surface area contributed by atoms with E-state index in [0.29, 0.717) is 16.8 Å². The summed E-state index contributed by atoms with van der Waals surface area (Å²) in [7, 11) is 2.39.